The monoisotopic (exact) mass is 382 g/mol. The van der Waals surface area contributed by atoms with Crippen LogP contribution >= 0.6 is 23.4 Å². The van der Waals surface area contributed by atoms with E-state index in [1.807, 2.05) is 26.8 Å². The lowest BCUT2D eigenvalue weighted by Crippen LogP contribution is -2.48. The number of benzene rings is 1. The van der Waals surface area contributed by atoms with Crippen molar-refractivity contribution in [2.45, 2.75) is 31.5 Å². The molecule has 0 bridgehead atoms. The SMILES string of the molecule is CC(C)(C)NC(=O)NC(=O)CSc1nnc(-c2ccccc2Cl)n1N. The van der Waals surface area contributed by atoms with Crippen LogP contribution in [0, 0.1) is 0 Å². The summed E-state index contributed by atoms with van der Waals surface area (Å²) in [6, 6.07) is 6.55. The van der Waals surface area contributed by atoms with Crippen LogP contribution in [-0.2, 0) is 4.79 Å². The Hall–Kier alpha value is -2.26. The first-order valence-corrected chi connectivity index (χ1v) is 8.74. The number of nitrogens with one attached hydrogen (secondary N) is 2. The summed E-state index contributed by atoms with van der Waals surface area (Å²) in [5.74, 6) is 5.87. The van der Waals surface area contributed by atoms with Crippen LogP contribution in [-0.4, -0.2) is 38.1 Å². The number of nitrogens with zero attached hydrogens (tertiary/aromatic N) is 3. The molecule has 0 fully saturated rings. The molecular formula is C15H19ClN6O2S. The molecule has 2 rings (SSSR count). The summed E-state index contributed by atoms with van der Waals surface area (Å²) in [5.41, 5.74) is 0.207. The van der Waals surface area contributed by atoms with Crippen LogP contribution in [0.4, 0.5) is 4.79 Å². The highest BCUT2D eigenvalue weighted by atomic mass is 35.5. The lowest BCUT2D eigenvalue weighted by molar-refractivity contribution is -0.117. The van der Waals surface area contributed by atoms with E-state index < -0.39 is 17.5 Å². The predicted molar refractivity (Wildman–Crippen MR) is 97.8 cm³/mol. The molecule has 0 spiro atoms. The van der Waals surface area contributed by atoms with E-state index in [1.165, 1.54) is 4.68 Å². The summed E-state index contributed by atoms with van der Waals surface area (Å²) in [4.78, 5) is 23.5. The zero-order valence-electron chi connectivity index (χ0n) is 14.0. The summed E-state index contributed by atoms with van der Waals surface area (Å²) in [7, 11) is 0. The third kappa shape index (κ3) is 5.36. The van der Waals surface area contributed by atoms with Gasteiger partial charge in [-0.15, -0.1) is 10.2 Å². The van der Waals surface area contributed by atoms with Gasteiger partial charge in [-0.3, -0.25) is 10.1 Å². The average molecular weight is 383 g/mol. The third-order valence-electron chi connectivity index (χ3n) is 2.85. The molecule has 1 aromatic heterocycles. The van der Waals surface area contributed by atoms with Gasteiger partial charge in [0.15, 0.2) is 5.82 Å². The zero-order valence-corrected chi connectivity index (χ0v) is 15.6. The summed E-state index contributed by atoms with van der Waals surface area (Å²) in [6.45, 7) is 5.46. The summed E-state index contributed by atoms with van der Waals surface area (Å²) < 4.78 is 1.26. The fraction of sp³-hybridized carbons (Fsp3) is 0.333. The van der Waals surface area contributed by atoms with Crippen molar-refractivity contribution in [3.05, 3.63) is 29.3 Å². The van der Waals surface area contributed by atoms with Crippen LogP contribution in [0.2, 0.25) is 5.02 Å². The number of nitrogen functional groups attached to an aromatic ring is 1. The molecule has 0 saturated carbocycles. The second-order valence-electron chi connectivity index (χ2n) is 6.20. The molecule has 8 nitrogen and oxygen atoms in total. The predicted octanol–water partition coefficient (Wildman–Crippen LogP) is 2.03. The van der Waals surface area contributed by atoms with Crippen molar-refractivity contribution in [2.75, 3.05) is 11.6 Å². The number of aromatic nitrogens is 3. The first kappa shape index (κ1) is 19.1. The number of imide groups is 1. The van der Waals surface area contributed by atoms with E-state index in [9.17, 15) is 9.59 Å². The van der Waals surface area contributed by atoms with Gasteiger partial charge in [0.1, 0.15) is 0 Å². The van der Waals surface area contributed by atoms with E-state index in [2.05, 4.69) is 20.8 Å². The molecule has 25 heavy (non-hydrogen) atoms. The van der Waals surface area contributed by atoms with E-state index in [-0.39, 0.29) is 5.75 Å². The van der Waals surface area contributed by atoms with Crippen molar-refractivity contribution in [1.82, 2.24) is 25.5 Å². The molecule has 1 heterocycles. The first-order chi connectivity index (χ1) is 11.7. The van der Waals surface area contributed by atoms with Gasteiger partial charge in [-0.25, -0.2) is 9.47 Å². The molecular weight excluding hydrogens is 364 g/mol. The highest BCUT2D eigenvalue weighted by Gasteiger charge is 2.18. The zero-order chi connectivity index (χ0) is 18.6. The van der Waals surface area contributed by atoms with Crippen LogP contribution < -0.4 is 16.5 Å². The van der Waals surface area contributed by atoms with Crippen LogP contribution in [0.5, 0.6) is 0 Å². The lowest BCUT2D eigenvalue weighted by Gasteiger charge is -2.20. The maximum Gasteiger partial charge on any atom is 0.321 e. The molecule has 134 valence electrons. The number of hydrogen-bond donors (Lipinski definition) is 3. The molecule has 0 saturated heterocycles. The number of thioether (sulfide) groups is 1. The number of rotatable bonds is 4. The Balaban J connectivity index is 1.97. The third-order valence-corrected chi connectivity index (χ3v) is 4.13. The molecule has 0 aliphatic carbocycles. The molecule has 0 unspecified atom stereocenters. The minimum atomic E-state index is -0.552. The van der Waals surface area contributed by atoms with Gasteiger partial charge in [-0.2, -0.15) is 0 Å². The van der Waals surface area contributed by atoms with Crippen molar-refractivity contribution in [1.29, 1.82) is 0 Å². The van der Waals surface area contributed by atoms with E-state index >= 15 is 0 Å². The molecule has 0 aliphatic heterocycles. The Kier molecular flexibility index (Phi) is 5.91. The fourth-order valence-corrected chi connectivity index (χ4v) is 2.74. The van der Waals surface area contributed by atoms with Gasteiger partial charge in [-0.1, -0.05) is 35.5 Å². The Morgan fingerprint density at radius 2 is 1.96 bits per heavy atom. The number of carbonyl (C=O) groups is 2. The van der Waals surface area contributed by atoms with Crippen molar-refractivity contribution < 1.29 is 9.59 Å². The number of nitrogens with two attached hydrogens (primary N) is 1. The number of carbonyl (C=O) groups excluding carboxylic acids is 2. The average Bonchev–Trinajstić information content (AvgIpc) is 2.84. The van der Waals surface area contributed by atoms with E-state index in [0.717, 1.165) is 11.8 Å². The smallest absolute Gasteiger partial charge is 0.321 e. The maximum atomic E-state index is 11.8. The van der Waals surface area contributed by atoms with Crippen molar-refractivity contribution in [3.8, 4) is 11.4 Å². The van der Waals surface area contributed by atoms with Gasteiger partial charge in [0.2, 0.25) is 11.1 Å². The highest BCUT2D eigenvalue weighted by Crippen LogP contribution is 2.27. The number of hydrogen-bond acceptors (Lipinski definition) is 6. The van der Waals surface area contributed by atoms with Crippen LogP contribution in [0.25, 0.3) is 11.4 Å². The molecule has 0 aliphatic rings. The second-order valence-corrected chi connectivity index (χ2v) is 7.55. The molecule has 2 aromatic rings. The normalized spacial score (nSPS) is 11.2. The highest BCUT2D eigenvalue weighted by molar-refractivity contribution is 7.99. The summed E-state index contributed by atoms with van der Waals surface area (Å²) >= 11 is 7.19. The van der Waals surface area contributed by atoms with Gasteiger partial charge in [0.05, 0.1) is 10.8 Å². The van der Waals surface area contributed by atoms with Gasteiger partial charge in [-0.05, 0) is 32.9 Å². The quantitative estimate of drug-likeness (QED) is 0.550. The lowest BCUT2D eigenvalue weighted by atomic mass is 10.1. The molecule has 0 atom stereocenters. The van der Waals surface area contributed by atoms with Gasteiger partial charge < -0.3 is 11.2 Å². The van der Waals surface area contributed by atoms with E-state index in [0.29, 0.717) is 21.6 Å². The molecule has 10 heteroatoms. The van der Waals surface area contributed by atoms with Crippen LogP contribution in [0.1, 0.15) is 20.8 Å². The van der Waals surface area contributed by atoms with Gasteiger partial charge in [0.25, 0.3) is 0 Å². The number of amides is 3. The Morgan fingerprint density at radius 3 is 2.60 bits per heavy atom. The Morgan fingerprint density at radius 1 is 1.28 bits per heavy atom. The molecule has 0 radical (unpaired) electrons. The number of urea groups is 1. The largest absolute Gasteiger partial charge is 0.335 e. The summed E-state index contributed by atoms with van der Waals surface area (Å²) in [6.07, 6.45) is 0. The number of halogens is 1. The fourth-order valence-electron chi connectivity index (χ4n) is 1.87. The molecule has 3 amide bonds. The molecule has 1 aromatic carbocycles. The molecule has 4 N–H and O–H groups in total. The standard InChI is InChI=1S/C15H19ClN6O2S/c1-15(2,3)19-13(24)18-11(23)8-25-14-21-20-12(22(14)17)9-6-4-5-7-10(9)16/h4-7H,8,17H2,1-3H3,(H2,18,19,23,24). The Bertz CT molecular complexity index is 787. The van der Waals surface area contributed by atoms with Crippen molar-refractivity contribution >= 4 is 35.3 Å². The van der Waals surface area contributed by atoms with Crippen molar-refractivity contribution in [3.63, 3.8) is 0 Å². The summed E-state index contributed by atoms with van der Waals surface area (Å²) in [5, 5.41) is 13.7. The topological polar surface area (TPSA) is 115 Å². The van der Waals surface area contributed by atoms with Gasteiger partial charge in [0, 0.05) is 11.1 Å². The minimum absolute atomic E-state index is 0.0323. The minimum Gasteiger partial charge on any atom is -0.335 e. The Labute approximate surface area is 154 Å². The van der Waals surface area contributed by atoms with Gasteiger partial charge >= 0.3 is 6.03 Å². The van der Waals surface area contributed by atoms with E-state index in [1.54, 1.807) is 18.2 Å². The maximum absolute atomic E-state index is 11.8. The second kappa shape index (κ2) is 7.75. The van der Waals surface area contributed by atoms with Crippen molar-refractivity contribution in [2.24, 2.45) is 0 Å². The van der Waals surface area contributed by atoms with Crippen LogP contribution in [0.3, 0.4) is 0 Å². The van der Waals surface area contributed by atoms with E-state index in [4.69, 9.17) is 17.4 Å². The van der Waals surface area contributed by atoms with Crippen LogP contribution in [0.15, 0.2) is 29.4 Å². The first-order valence-electron chi connectivity index (χ1n) is 7.37.